The fourth-order valence-electron chi connectivity index (χ4n) is 3.50. The summed E-state index contributed by atoms with van der Waals surface area (Å²) in [5, 5.41) is 0. The number of anilines is 1. The highest BCUT2D eigenvalue weighted by Gasteiger charge is 2.26. The van der Waals surface area contributed by atoms with Crippen molar-refractivity contribution in [2.75, 3.05) is 4.90 Å². The summed E-state index contributed by atoms with van der Waals surface area (Å²) in [5.74, 6) is 0.116. The standard InChI is InChI=1S/C21H26N2O/c1-14-5-6-18-13-17(9-12-20(18)23(14)15(2)24)16-7-10-19(11-8-16)21(3,4)22/h7-14H,5-6,22H2,1-4H3/t14-/m0/s1. The van der Waals surface area contributed by atoms with E-state index in [0.717, 1.165) is 24.1 Å². The number of hydrogen-bond acceptors (Lipinski definition) is 2. The highest BCUT2D eigenvalue weighted by atomic mass is 16.2. The molecule has 2 aromatic carbocycles. The van der Waals surface area contributed by atoms with Gasteiger partial charge in [0, 0.05) is 24.2 Å². The van der Waals surface area contributed by atoms with Crippen LogP contribution in [0.15, 0.2) is 42.5 Å². The minimum Gasteiger partial charge on any atom is -0.322 e. The van der Waals surface area contributed by atoms with E-state index >= 15 is 0 Å². The van der Waals surface area contributed by atoms with E-state index in [2.05, 4.69) is 49.4 Å². The molecule has 24 heavy (non-hydrogen) atoms. The van der Waals surface area contributed by atoms with Gasteiger partial charge in [0.25, 0.3) is 0 Å². The van der Waals surface area contributed by atoms with Gasteiger partial charge in [-0.3, -0.25) is 4.79 Å². The number of aryl methyl sites for hydroxylation is 1. The minimum atomic E-state index is -0.327. The third-order valence-corrected chi connectivity index (χ3v) is 4.91. The number of benzene rings is 2. The lowest BCUT2D eigenvalue weighted by molar-refractivity contribution is -0.117. The third kappa shape index (κ3) is 3.09. The molecule has 126 valence electrons. The zero-order chi connectivity index (χ0) is 17.5. The topological polar surface area (TPSA) is 46.3 Å². The van der Waals surface area contributed by atoms with Crippen LogP contribution in [0.3, 0.4) is 0 Å². The Bertz CT molecular complexity index is 756. The van der Waals surface area contributed by atoms with Gasteiger partial charge in [0.1, 0.15) is 0 Å². The van der Waals surface area contributed by atoms with Crippen molar-refractivity contribution >= 4 is 11.6 Å². The lowest BCUT2D eigenvalue weighted by Crippen LogP contribution is -2.40. The third-order valence-electron chi connectivity index (χ3n) is 4.91. The molecule has 0 aliphatic carbocycles. The number of rotatable bonds is 2. The van der Waals surface area contributed by atoms with Crippen LogP contribution < -0.4 is 10.6 Å². The van der Waals surface area contributed by atoms with Crippen molar-refractivity contribution in [1.29, 1.82) is 0 Å². The number of carbonyl (C=O) groups excluding carboxylic acids is 1. The molecule has 0 spiro atoms. The molecule has 3 heteroatoms. The first kappa shape index (κ1) is 16.7. The first-order valence-corrected chi connectivity index (χ1v) is 8.60. The molecule has 0 bridgehead atoms. The summed E-state index contributed by atoms with van der Waals surface area (Å²) >= 11 is 0. The lowest BCUT2D eigenvalue weighted by atomic mass is 9.91. The van der Waals surface area contributed by atoms with Gasteiger partial charge in [0.05, 0.1) is 0 Å². The minimum absolute atomic E-state index is 0.116. The van der Waals surface area contributed by atoms with E-state index in [-0.39, 0.29) is 17.5 Å². The molecule has 3 rings (SSSR count). The maximum Gasteiger partial charge on any atom is 0.224 e. The summed E-state index contributed by atoms with van der Waals surface area (Å²) in [7, 11) is 0. The van der Waals surface area contributed by atoms with Crippen molar-refractivity contribution in [3.8, 4) is 11.1 Å². The van der Waals surface area contributed by atoms with Crippen LogP contribution in [-0.2, 0) is 16.8 Å². The SMILES string of the molecule is CC(=O)N1c2ccc(-c3ccc(C(C)(C)N)cc3)cc2CC[C@@H]1C. The van der Waals surface area contributed by atoms with E-state index < -0.39 is 0 Å². The number of hydrogen-bond donors (Lipinski definition) is 1. The van der Waals surface area contributed by atoms with E-state index in [4.69, 9.17) is 5.73 Å². The summed E-state index contributed by atoms with van der Waals surface area (Å²) < 4.78 is 0. The zero-order valence-electron chi connectivity index (χ0n) is 15.0. The normalized spacial score (nSPS) is 17.5. The second-order valence-electron chi connectivity index (χ2n) is 7.42. The molecular weight excluding hydrogens is 296 g/mol. The maximum absolute atomic E-state index is 12.0. The van der Waals surface area contributed by atoms with Crippen molar-refractivity contribution in [3.05, 3.63) is 53.6 Å². The first-order valence-electron chi connectivity index (χ1n) is 8.60. The summed E-state index contributed by atoms with van der Waals surface area (Å²) in [6.07, 6.45) is 2.03. The fourth-order valence-corrected chi connectivity index (χ4v) is 3.50. The number of nitrogens with zero attached hydrogens (tertiary/aromatic N) is 1. The average Bonchev–Trinajstić information content (AvgIpc) is 2.53. The second kappa shape index (κ2) is 6.06. The molecule has 1 atom stereocenters. The predicted octanol–water partition coefficient (Wildman–Crippen LogP) is 4.24. The maximum atomic E-state index is 12.0. The molecule has 0 saturated heterocycles. The number of nitrogens with two attached hydrogens (primary N) is 1. The Hall–Kier alpha value is -2.13. The van der Waals surface area contributed by atoms with Crippen molar-refractivity contribution in [1.82, 2.24) is 0 Å². The molecule has 0 fully saturated rings. The number of fused-ring (bicyclic) bond motifs is 1. The summed E-state index contributed by atoms with van der Waals surface area (Å²) in [6.45, 7) is 7.79. The van der Waals surface area contributed by atoms with Crippen LogP contribution >= 0.6 is 0 Å². The molecule has 2 N–H and O–H groups in total. The summed E-state index contributed by atoms with van der Waals surface area (Å²) in [4.78, 5) is 13.9. The van der Waals surface area contributed by atoms with E-state index in [0.29, 0.717) is 0 Å². The molecule has 0 unspecified atom stereocenters. The van der Waals surface area contributed by atoms with Gasteiger partial charge in [-0.15, -0.1) is 0 Å². The summed E-state index contributed by atoms with van der Waals surface area (Å²) in [6, 6.07) is 15.1. The second-order valence-corrected chi connectivity index (χ2v) is 7.42. The lowest BCUT2D eigenvalue weighted by Gasteiger charge is -2.34. The van der Waals surface area contributed by atoms with Gasteiger partial charge < -0.3 is 10.6 Å². The van der Waals surface area contributed by atoms with Gasteiger partial charge in [-0.2, -0.15) is 0 Å². The molecule has 2 aromatic rings. The Morgan fingerprint density at radius 3 is 2.33 bits per heavy atom. The van der Waals surface area contributed by atoms with Crippen LogP contribution in [0.1, 0.15) is 45.2 Å². The molecule has 1 aliphatic rings. The van der Waals surface area contributed by atoms with Gasteiger partial charge in [-0.25, -0.2) is 0 Å². The van der Waals surface area contributed by atoms with Crippen LogP contribution in [0.5, 0.6) is 0 Å². The number of carbonyl (C=O) groups is 1. The van der Waals surface area contributed by atoms with Crippen LogP contribution in [0.2, 0.25) is 0 Å². The highest BCUT2D eigenvalue weighted by Crippen LogP contribution is 2.34. The zero-order valence-corrected chi connectivity index (χ0v) is 15.0. The van der Waals surface area contributed by atoms with Crippen molar-refractivity contribution in [2.24, 2.45) is 5.73 Å². The summed E-state index contributed by atoms with van der Waals surface area (Å²) in [5.41, 5.74) is 11.6. The largest absolute Gasteiger partial charge is 0.322 e. The Morgan fingerprint density at radius 2 is 1.75 bits per heavy atom. The van der Waals surface area contributed by atoms with Crippen LogP contribution in [0, 0.1) is 0 Å². The Kier molecular flexibility index (Phi) is 4.22. The molecule has 1 aliphatic heterocycles. The predicted molar refractivity (Wildman–Crippen MR) is 100 cm³/mol. The van der Waals surface area contributed by atoms with E-state index in [1.807, 2.05) is 18.7 Å². The van der Waals surface area contributed by atoms with Crippen molar-refractivity contribution in [3.63, 3.8) is 0 Å². The first-order chi connectivity index (χ1) is 11.3. The van der Waals surface area contributed by atoms with Crippen LogP contribution in [0.4, 0.5) is 5.69 Å². The van der Waals surface area contributed by atoms with Crippen LogP contribution in [0.25, 0.3) is 11.1 Å². The molecule has 0 saturated carbocycles. The van der Waals surface area contributed by atoms with Gasteiger partial charge in [-0.1, -0.05) is 30.3 Å². The van der Waals surface area contributed by atoms with E-state index in [1.54, 1.807) is 6.92 Å². The molecular formula is C21H26N2O. The van der Waals surface area contributed by atoms with Gasteiger partial charge in [0.2, 0.25) is 5.91 Å². The Balaban J connectivity index is 1.96. The molecule has 0 radical (unpaired) electrons. The molecule has 1 heterocycles. The van der Waals surface area contributed by atoms with Gasteiger partial charge in [-0.05, 0) is 68.0 Å². The molecule has 0 aromatic heterocycles. The monoisotopic (exact) mass is 322 g/mol. The van der Waals surface area contributed by atoms with Crippen LogP contribution in [-0.4, -0.2) is 11.9 Å². The Labute approximate surface area is 144 Å². The quantitative estimate of drug-likeness (QED) is 0.899. The highest BCUT2D eigenvalue weighted by molar-refractivity contribution is 5.94. The van der Waals surface area contributed by atoms with Crippen molar-refractivity contribution in [2.45, 2.75) is 52.1 Å². The van der Waals surface area contributed by atoms with E-state index in [1.165, 1.54) is 16.7 Å². The molecule has 1 amide bonds. The number of amides is 1. The molecule has 3 nitrogen and oxygen atoms in total. The smallest absolute Gasteiger partial charge is 0.224 e. The van der Waals surface area contributed by atoms with Gasteiger partial charge >= 0.3 is 0 Å². The van der Waals surface area contributed by atoms with Crippen molar-refractivity contribution < 1.29 is 4.79 Å². The fraction of sp³-hybridized carbons (Fsp3) is 0.381. The van der Waals surface area contributed by atoms with E-state index in [9.17, 15) is 4.79 Å². The Morgan fingerprint density at radius 1 is 1.12 bits per heavy atom. The van der Waals surface area contributed by atoms with Gasteiger partial charge in [0.15, 0.2) is 0 Å². The average molecular weight is 322 g/mol.